The van der Waals surface area contributed by atoms with E-state index < -0.39 is 0 Å². The van der Waals surface area contributed by atoms with Gasteiger partial charge in [-0.05, 0) is 38.5 Å². The Hall–Kier alpha value is -0.780. The molecule has 0 bridgehead atoms. The fraction of sp³-hybridized carbons (Fsp3) is 0.600. The summed E-state index contributed by atoms with van der Waals surface area (Å²) in [4.78, 5) is 0. The van der Waals surface area contributed by atoms with Crippen molar-refractivity contribution >= 4 is 15.9 Å². The molecule has 0 aliphatic carbocycles. The lowest BCUT2D eigenvalue weighted by Gasteiger charge is -2.17. The van der Waals surface area contributed by atoms with Gasteiger partial charge in [0.1, 0.15) is 0 Å². The van der Waals surface area contributed by atoms with Crippen LogP contribution in [-0.2, 0) is 11.3 Å². The van der Waals surface area contributed by atoms with Crippen LogP contribution in [0.2, 0.25) is 0 Å². The van der Waals surface area contributed by atoms with Crippen molar-refractivity contribution in [1.29, 1.82) is 0 Å². The van der Waals surface area contributed by atoms with E-state index in [1.54, 1.807) is 7.11 Å². The van der Waals surface area contributed by atoms with Crippen LogP contribution in [0.1, 0.15) is 26.3 Å². The van der Waals surface area contributed by atoms with Gasteiger partial charge in [0.25, 0.3) is 0 Å². The van der Waals surface area contributed by atoms with E-state index in [1.807, 2.05) is 32.9 Å². The SMILES string of the molecule is CCOc1cc(CNCCOC)c(Br)cc1OC(C)C. The third-order valence-corrected chi connectivity index (χ3v) is 3.31. The van der Waals surface area contributed by atoms with Gasteiger partial charge in [-0.3, -0.25) is 0 Å². The number of rotatable bonds is 9. The molecule has 0 fully saturated rings. The minimum absolute atomic E-state index is 0.117. The van der Waals surface area contributed by atoms with Crippen molar-refractivity contribution in [1.82, 2.24) is 5.32 Å². The van der Waals surface area contributed by atoms with Crippen LogP contribution in [0.15, 0.2) is 16.6 Å². The van der Waals surface area contributed by atoms with Crippen LogP contribution in [0.5, 0.6) is 11.5 Å². The van der Waals surface area contributed by atoms with E-state index in [4.69, 9.17) is 14.2 Å². The second-order valence-corrected chi connectivity index (χ2v) is 5.51. The van der Waals surface area contributed by atoms with E-state index in [1.165, 1.54) is 0 Å². The third-order valence-electron chi connectivity index (χ3n) is 2.57. The first-order chi connectivity index (χ1) is 9.58. The van der Waals surface area contributed by atoms with Crippen LogP contribution in [0, 0.1) is 0 Å². The summed E-state index contributed by atoms with van der Waals surface area (Å²) in [6.45, 7) is 8.87. The molecule has 0 radical (unpaired) electrons. The lowest BCUT2D eigenvalue weighted by atomic mass is 10.2. The highest BCUT2D eigenvalue weighted by molar-refractivity contribution is 9.10. The van der Waals surface area contributed by atoms with Crippen molar-refractivity contribution in [3.05, 3.63) is 22.2 Å². The van der Waals surface area contributed by atoms with Crippen molar-refractivity contribution < 1.29 is 14.2 Å². The normalized spacial score (nSPS) is 10.9. The van der Waals surface area contributed by atoms with Gasteiger partial charge < -0.3 is 19.5 Å². The zero-order valence-corrected chi connectivity index (χ0v) is 14.2. The number of nitrogens with one attached hydrogen (secondary N) is 1. The predicted molar refractivity (Wildman–Crippen MR) is 84.7 cm³/mol. The molecule has 0 saturated heterocycles. The molecule has 1 rings (SSSR count). The molecule has 0 heterocycles. The maximum atomic E-state index is 5.78. The summed E-state index contributed by atoms with van der Waals surface area (Å²) in [6.07, 6.45) is 0.117. The first kappa shape index (κ1) is 17.3. The first-order valence-electron chi connectivity index (χ1n) is 6.90. The molecule has 0 amide bonds. The predicted octanol–water partition coefficient (Wildman–Crippen LogP) is 3.37. The number of halogens is 1. The van der Waals surface area contributed by atoms with Gasteiger partial charge >= 0.3 is 0 Å². The average molecular weight is 346 g/mol. The van der Waals surface area contributed by atoms with Gasteiger partial charge in [0.05, 0.1) is 19.3 Å². The molecule has 0 spiro atoms. The Balaban J connectivity index is 2.82. The molecule has 0 atom stereocenters. The van der Waals surface area contributed by atoms with Crippen LogP contribution in [0.3, 0.4) is 0 Å². The largest absolute Gasteiger partial charge is 0.490 e. The molecule has 1 aromatic carbocycles. The highest BCUT2D eigenvalue weighted by atomic mass is 79.9. The van der Waals surface area contributed by atoms with Crippen molar-refractivity contribution in [2.24, 2.45) is 0 Å². The molecule has 20 heavy (non-hydrogen) atoms. The summed E-state index contributed by atoms with van der Waals surface area (Å²) < 4.78 is 17.5. The summed E-state index contributed by atoms with van der Waals surface area (Å²) in [5.41, 5.74) is 1.14. The molecule has 0 saturated carbocycles. The van der Waals surface area contributed by atoms with Crippen molar-refractivity contribution in [2.45, 2.75) is 33.4 Å². The zero-order chi connectivity index (χ0) is 15.0. The third kappa shape index (κ3) is 5.69. The molecule has 0 aliphatic rings. The van der Waals surface area contributed by atoms with Crippen molar-refractivity contribution in [3.63, 3.8) is 0 Å². The first-order valence-corrected chi connectivity index (χ1v) is 7.69. The Morgan fingerprint density at radius 3 is 2.60 bits per heavy atom. The summed E-state index contributed by atoms with van der Waals surface area (Å²) in [6, 6.07) is 3.99. The topological polar surface area (TPSA) is 39.7 Å². The van der Waals surface area contributed by atoms with E-state index in [-0.39, 0.29) is 6.10 Å². The quantitative estimate of drug-likeness (QED) is 0.696. The maximum Gasteiger partial charge on any atom is 0.162 e. The van der Waals surface area contributed by atoms with Crippen LogP contribution >= 0.6 is 15.9 Å². The Labute approximate surface area is 129 Å². The maximum absolute atomic E-state index is 5.78. The van der Waals surface area contributed by atoms with Crippen LogP contribution in [-0.4, -0.2) is 33.0 Å². The van der Waals surface area contributed by atoms with Gasteiger partial charge in [-0.2, -0.15) is 0 Å². The number of methoxy groups -OCH3 is 1. The number of hydrogen-bond acceptors (Lipinski definition) is 4. The standard InChI is InChI=1S/C15H24BrNO3/c1-5-19-14-8-12(10-17-6-7-18-4)13(16)9-15(14)20-11(2)3/h8-9,11,17H,5-7,10H2,1-4H3. The minimum atomic E-state index is 0.117. The zero-order valence-electron chi connectivity index (χ0n) is 12.7. The van der Waals surface area contributed by atoms with Crippen LogP contribution in [0.25, 0.3) is 0 Å². The van der Waals surface area contributed by atoms with E-state index in [9.17, 15) is 0 Å². The van der Waals surface area contributed by atoms with Gasteiger partial charge in [0.2, 0.25) is 0 Å². The van der Waals surface area contributed by atoms with Gasteiger partial charge in [-0.15, -0.1) is 0 Å². The van der Waals surface area contributed by atoms with E-state index >= 15 is 0 Å². The second kappa shape index (κ2) is 9.21. The summed E-state index contributed by atoms with van der Waals surface area (Å²) in [5, 5.41) is 3.32. The highest BCUT2D eigenvalue weighted by Gasteiger charge is 2.12. The van der Waals surface area contributed by atoms with E-state index in [2.05, 4.69) is 21.2 Å². The molecule has 4 nitrogen and oxygen atoms in total. The van der Waals surface area contributed by atoms with Gasteiger partial charge in [-0.1, -0.05) is 15.9 Å². The fourth-order valence-corrected chi connectivity index (χ4v) is 2.19. The van der Waals surface area contributed by atoms with E-state index in [0.717, 1.165) is 34.6 Å². The van der Waals surface area contributed by atoms with Crippen LogP contribution < -0.4 is 14.8 Å². The molecule has 114 valence electrons. The van der Waals surface area contributed by atoms with E-state index in [0.29, 0.717) is 13.2 Å². The molecule has 0 aliphatic heterocycles. The molecule has 1 N–H and O–H groups in total. The average Bonchev–Trinajstić information content (AvgIpc) is 2.38. The summed E-state index contributed by atoms with van der Waals surface area (Å²) in [7, 11) is 1.70. The molecular weight excluding hydrogens is 322 g/mol. The second-order valence-electron chi connectivity index (χ2n) is 4.66. The fourth-order valence-electron chi connectivity index (χ4n) is 1.72. The van der Waals surface area contributed by atoms with Gasteiger partial charge in [0.15, 0.2) is 11.5 Å². The number of ether oxygens (including phenoxy) is 3. The minimum Gasteiger partial charge on any atom is -0.490 e. The lowest BCUT2D eigenvalue weighted by molar-refractivity contribution is 0.199. The number of hydrogen-bond donors (Lipinski definition) is 1. The Bertz CT molecular complexity index is 410. The number of benzene rings is 1. The summed E-state index contributed by atoms with van der Waals surface area (Å²) in [5.74, 6) is 1.56. The Morgan fingerprint density at radius 2 is 2.00 bits per heavy atom. The van der Waals surface area contributed by atoms with Gasteiger partial charge in [0, 0.05) is 24.7 Å². The molecule has 0 unspecified atom stereocenters. The molecule has 5 heteroatoms. The van der Waals surface area contributed by atoms with Crippen LogP contribution in [0.4, 0.5) is 0 Å². The molecular formula is C15H24BrNO3. The monoisotopic (exact) mass is 345 g/mol. The Kier molecular flexibility index (Phi) is 7.95. The highest BCUT2D eigenvalue weighted by Crippen LogP contribution is 2.34. The van der Waals surface area contributed by atoms with Crippen molar-refractivity contribution in [3.8, 4) is 11.5 Å². The molecule has 1 aromatic rings. The van der Waals surface area contributed by atoms with Crippen molar-refractivity contribution in [2.75, 3.05) is 26.9 Å². The Morgan fingerprint density at radius 1 is 1.25 bits per heavy atom. The van der Waals surface area contributed by atoms with Gasteiger partial charge in [-0.25, -0.2) is 0 Å². The molecule has 0 aromatic heterocycles. The lowest BCUT2D eigenvalue weighted by Crippen LogP contribution is -2.19. The summed E-state index contributed by atoms with van der Waals surface area (Å²) >= 11 is 3.58. The smallest absolute Gasteiger partial charge is 0.162 e.